The van der Waals surface area contributed by atoms with Crippen molar-refractivity contribution in [1.82, 2.24) is 14.2 Å². The van der Waals surface area contributed by atoms with Gasteiger partial charge in [-0.3, -0.25) is 9.69 Å². The van der Waals surface area contributed by atoms with Crippen molar-refractivity contribution in [2.45, 2.75) is 6.54 Å². The fourth-order valence-electron chi connectivity index (χ4n) is 3.55. The third-order valence-electron chi connectivity index (χ3n) is 5.02. The first-order valence-electron chi connectivity index (χ1n) is 8.91. The summed E-state index contributed by atoms with van der Waals surface area (Å²) in [5.41, 5.74) is 3.36. The molecule has 1 aliphatic heterocycles. The highest BCUT2D eigenvalue weighted by Gasteiger charge is 2.23. The average Bonchev–Trinajstić information content (AvgIpc) is 3.05. The molecule has 0 aliphatic carbocycles. The minimum Gasteiger partial charge on any atom is -0.336 e. The van der Waals surface area contributed by atoms with Crippen molar-refractivity contribution < 1.29 is 4.79 Å². The highest BCUT2D eigenvalue weighted by molar-refractivity contribution is 6.30. The first-order chi connectivity index (χ1) is 13.2. The number of nitrogens with zero attached hydrogens (tertiary/aromatic N) is 4. The molecule has 5 nitrogen and oxygen atoms in total. The van der Waals surface area contributed by atoms with Crippen LogP contribution in [-0.2, 0) is 6.54 Å². The van der Waals surface area contributed by atoms with Crippen LogP contribution >= 0.6 is 11.6 Å². The van der Waals surface area contributed by atoms with Gasteiger partial charge in [0.2, 0.25) is 0 Å². The number of halogens is 1. The second kappa shape index (κ2) is 7.43. The van der Waals surface area contributed by atoms with Gasteiger partial charge in [-0.1, -0.05) is 17.7 Å². The molecule has 0 unspecified atom stereocenters. The molecule has 0 N–H and O–H groups in total. The summed E-state index contributed by atoms with van der Waals surface area (Å²) >= 11 is 5.90. The van der Waals surface area contributed by atoms with Crippen molar-refractivity contribution in [2.24, 2.45) is 0 Å². The van der Waals surface area contributed by atoms with Gasteiger partial charge in [0.05, 0.1) is 11.1 Å². The molecule has 0 saturated carbocycles. The Morgan fingerprint density at radius 3 is 2.52 bits per heavy atom. The number of amides is 1. The lowest BCUT2D eigenvalue weighted by molar-refractivity contribution is 0.0628. The molecule has 136 valence electrons. The lowest BCUT2D eigenvalue weighted by atomic mass is 10.1. The van der Waals surface area contributed by atoms with E-state index in [9.17, 15) is 10.1 Å². The van der Waals surface area contributed by atoms with Crippen LogP contribution < -0.4 is 0 Å². The van der Waals surface area contributed by atoms with E-state index in [4.69, 9.17) is 11.6 Å². The molecule has 0 radical (unpaired) electrons. The summed E-state index contributed by atoms with van der Waals surface area (Å²) in [7, 11) is 0. The van der Waals surface area contributed by atoms with Crippen molar-refractivity contribution in [3.63, 3.8) is 0 Å². The highest BCUT2D eigenvalue weighted by Crippen LogP contribution is 2.20. The Hall–Kier alpha value is -2.81. The van der Waals surface area contributed by atoms with Crippen molar-refractivity contribution in [3.05, 3.63) is 76.6 Å². The van der Waals surface area contributed by atoms with Crippen LogP contribution in [0.25, 0.3) is 5.52 Å². The van der Waals surface area contributed by atoms with Crippen LogP contribution in [0.4, 0.5) is 0 Å². The topological polar surface area (TPSA) is 51.8 Å². The maximum atomic E-state index is 12.6. The molecule has 0 spiro atoms. The number of benzene rings is 1. The third-order valence-corrected chi connectivity index (χ3v) is 5.27. The molecule has 0 atom stereocenters. The molecular weight excluding hydrogens is 360 g/mol. The van der Waals surface area contributed by atoms with Gasteiger partial charge in [-0.2, -0.15) is 5.26 Å². The molecule has 1 aliphatic rings. The quantitative estimate of drug-likeness (QED) is 0.701. The summed E-state index contributed by atoms with van der Waals surface area (Å²) in [6, 6.07) is 15.2. The van der Waals surface area contributed by atoms with Gasteiger partial charge >= 0.3 is 0 Å². The summed E-state index contributed by atoms with van der Waals surface area (Å²) in [6.45, 7) is 3.65. The number of hydrogen-bond acceptors (Lipinski definition) is 3. The number of piperazine rings is 1. The van der Waals surface area contributed by atoms with Crippen LogP contribution in [0, 0.1) is 11.3 Å². The van der Waals surface area contributed by atoms with Gasteiger partial charge in [0, 0.05) is 61.3 Å². The molecular formula is C21H19ClN4O. The SMILES string of the molecule is N#Cc1c(CN2CCN(C(=O)c3ccc(Cl)cc3)CC2)cn2ccccc12. The summed E-state index contributed by atoms with van der Waals surface area (Å²) in [4.78, 5) is 16.8. The van der Waals surface area contributed by atoms with E-state index in [1.807, 2.05) is 39.9 Å². The molecule has 4 rings (SSSR count). The molecule has 3 heterocycles. The van der Waals surface area contributed by atoms with Gasteiger partial charge in [-0.15, -0.1) is 0 Å². The number of carbonyl (C=O) groups is 1. The van der Waals surface area contributed by atoms with E-state index >= 15 is 0 Å². The lowest BCUT2D eigenvalue weighted by Gasteiger charge is -2.34. The molecule has 27 heavy (non-hydrogen) atoms. The Bertz CT molecular complexity index is 1010. The number of carbonyl (C=O) groups excluding carboxylic acids is 1. The van der Waals surface area contributed by atoms with Crippen LogP contribution in [0.5, 0.6) is 0 Å². The summed E-state index contributed by atoms with van der Waals surface area (Å²) in [6.07, 6.45) is 3.99. The van der Waals surface area contributed by atoms with Gasteiger partial charge in [0.25, 0.3) is 5.91 Å². The molecule has 6 heteroatoms. The second-order valence-electron chi connectivity index (χ2n) is 6.71. The molecule has 1 fully saturated rings. The second-order valence-corrected chi connectivity index (χ2v) is 7.15. The van der Waals surface area contributed by atoms with Crippen LogP contribution in [0.2, 0.25) is 5.02 Å². The highest BCUT2D eigenvalue weighted by atomic mass is 35.5. The molecule has 2 aromatic heterocycles. The minimum absolute atomic E-state index is 0.0404. The Balaban J connectivity index is 1.42. The van der Waals surface area contributed by atoms with Crippen LogP contribution in [0.3, 0.4) is 0 Å². The Morgan fingerprint density at radius 2 is 1.81 bits per heavy atom. The predicted molar refractivity (Wildman–Crippen MR) is 105 cm³/mol. The Labute approximate surface area is 163 Å². The Morgan fingerprint density at radius 1 is 1.07 bits per heavy atom. The fourth-order valence-corrected chi connectivity index (χ4v) is 3.68. The minimum atomic E-state index is 0.0404. The van der Waals surface area contributed by atoms with Crippen molar-refractivity contribution in [3.8, 4) is 6.07 Å². The summed E-state index contributed by atoms with van der Waals surface area (Å²) in [5.74, 6) is 0.0404. The molecule has 1 aromatic carbocycles. The Kier molecular flexibility index (Phi) is 4.85. The monoisotopic (exact) mass is 378 g/mol. The zero-order valence-electron chi connectivity index (χ0n) is 14.8. The first-order valence-corrected chi connectivity index (χ1v) is 9.29. The van der Waals surface area contributed by atoms with Crippen LogP contribution in [-0.4, -0.2) is 46.3 Å². The normalized spacial score (nSPS) is 15.0. The van der Waals surface area contributed by atoms with E-state index in [2.05, 4.69) is 11.0 Å². The standard InChI is InChI=1S/C21H19ClN4O/c22-18-6-4-16(5-7-18)21(27)25-11-9-24(10-12-25)14-17-15-26-8-2-1-3-20(26)19(17)13-23/h1-8,15H,9-12,14H2. The number of hydrogen-bond donors (Lipinski definition) is 0. The van der Waals surface area contributed by atoms with E-state index in [-0.39, 0.29) is 5.91 Å². The van der Waals surface area contributed by atoms with Gasteiger partial charge in [-0.05, 0) is 36.4 Å². The molecule has 3 aromatic rings. The zero-order chi connectivity index (χ0) is 18.8. The van der Waals surface area contributed by atoms with Gasteiger partial charge in [0.1, 0.15) is 6.07 Å². The van der Waals surface area contributed by atoms with Crippen molar-refractivity contribution in [1.29, 1.82) is 5.26 Å². The van der Waals surface area contributed by atoms with Crippen LogP contribution in [0.1, 0.15) is 21.5 Å². The predicted octanol–water partition coefficient (Wildman–Crippen LogP) is 3.42. The number of nitriles is 1. The lowest BCUT2D eigenvalue weighted by Crippen LogP contribution is -2.48. The maximum Gasteiger partial charge on any atom is 0.253 e. The number of rotatable bonds is 3. The number of fused-ring (bicyclic) bond motifs is 1. The smallest absolute Gasteiger partial charge is 0.253 e. The molecule has 0 bridgehead atoms. The van der Waals surface area contributed by atoms with Gasteiger partial charge in [-0.25, -0.2) is 0 Å². The maximum absolute atomic E-state index is 12.6. The van der Waals surface area contributed by atoms with Crippen molar-refractivity contribution >= 4 is 23.0 Å². The van der Waals surface area contributed by atoms with Crippen LogP contribution in [0.15, 0.2) is 54.9 Å². The third kappa shape index (κ3) is 3.55. The fraction of sp³-hybridized carbons (Fsp3) is 0.238. The van der Waals surface area contributed by atoms with E-state index < -0.39 is 0 Å². The van der Waals surface area contributed by atoms with Crippen molar-refractivity contribution in [2.75, 3.05) is 26.2 Å². The van der Waals surface area contributed by atoms with Gasteiger partial charge in [0.15, 0.2) is 0 Å². The number of pyridine rings is 1. The van der Waals surface area contributed by atoms with Gasteiger partial charge < -0.3 is 9.30 Å². The van der Waals surface area contributed by atoms with E-state index in [1.54, 1.807) is 24.3 Å². The number of aromatic nitrogens is 1. The zero-order valence-corrected chi connectivity index (χ0v) is 15.6. The largest absolute Gasteiger partial charge is 0.336 e. The summed E-state index contributed by atoms with van der Waals surface area (Å²) < 4.78 is 1.99. The van der Waals surface area contributed by atoms with E-state index in [0.29, 0.717) is 30.2 Å². The average molecular weight is 379 g/mol. The molecule has 1 saturated heterocycles. The van der Waals surface area contributed by atoms with E-state index in [1.165, 1.54) is 0 Å². The first kappa shape index (κ1) is 17.6. The van der Waals surface area contributed by atoms with E-state index in [0.717, 1.165) is 29.7 Å². The molecule has 1 amide bonds. The summed E-state index contributed by atoms with van der Waals surface area (Å²) in [5, 5.41) is 10.2.